The second kappa shape index (κ2) is 6.47. The minimum absolute atomic E-state index is 0.0977. The van der Waals surface area contributed by atoms with Gasteiger partial charge < -0.3 is 9.84 Å². The lowest BCUT2D eigenvalue weighted by atomic mass is 9.43. The highest BCUT2D eigenvalue weighted by atomic mass is 16.5. The smallest absolute Gasteiger partial charge is 0.302 e. The Morgan fingerprint density at radius 1 is 1.00 bits per heavy atom. The van der Waals surface area contributed by atoms with Crippen molar-refractivity contribution in [1.82, 2.24) is 0 Å². The van der Waals surface area contributed by atoms with E-state index >= 15 is 0 Å². The van der Waals surface area contributed by atoms with E-state index in [1.54, 1.807) is 0 Å². The Labute approximate surface area is 165 Å². The van der Waals surface area contributed by atoms with E-state index in [0.29, 0.717) is 35.0 Å². The van der Waals surface area contributed by atoms with Crippen LogP contribution in [0.3, 0.4) is 0 Å². The molecule has 3 nitrogen and oxygen atoms in total. The standard InChI is InChI=1S/C24H40O3/c1-15(2)19-10-13-24(26)21-7-6-17-14-18(27-16(3)25)8-11-22(17,4)20(21)9-12-23(19,24)5/h15,17-21,26H,6-14H2,1-5H3/t17-,18-,19+,20-,21+,22-,23+,24+/m0/s1. The van der Waals surface area contributed by atoms with Gasteiger partial charge in [0.25, 0.3) is 0 Å². The minimum atomic E-state index is -0.467. The molecule has 0 heterocycles. The number of carbonyl (C=O) groups excluding carboxylic acids is 1. The first-order valence-electron chi connectivity index (χ1n) is 11.5. The third-order valence-electron chi connectivity index (χ3n) is 10.0. The van der Waals surface area contributed by atoms with Crippen molar-refractivity contribution in [3.8, 4) is 0 Å². The lowest BCUT2D eigenvalue weighted by Gasteiger charge is -2.64. The molecule has 4 aliphatic carbocycles. The summed E-state index contributed by atoms with van der Waals surface area (Å²) in [6, 6.07) is 0. The summed E-state index contributed by atoms with van der Waals surface area (Å²) < 4.78 is 5.58. The first kappa shape index (κ1) is 19.7. The van der Waals surface area contributed by atoms with Crippen molar-refractivity contribution in [1.29, 1.82) is 0 Å². The molecule has 0 amide bonds. The van der Waals surface area contributed by atoms with Gasteiger partial charge in [0.1, 0.15) is 6.10 Å². The number of aliphatic hydroxyl groups is 1. The summed E-state index contributed by atoms with van der Waals surface area (Å²) in [6.07, 6.45) is 10.3. The lowest BCUT2D eigenvalue weighted by Crippen LogP contribution is -2.62. The molecule has 1 N–H and O–H groups in total. The van der Waals surface area contributed by atoms with Gasteiger partial charge in [-0.2, -0.15) is 0 Å². The van der Waals surface area contributed by atoms with Gasteiger partial charge in [-0.05, 0) is 98.2 Å². The molecule has 0 aromatic rings. The van der Waals surface area contributed by atoms with E-state index in [9.17, 15) is 9.90 Å². The molecule has 27 heavy (non-hydrogen) atoms. The predicted molar refractivity (Wildman–Crippen MR) is 107 cm³/mol. The lowest BCUT2D eigenvalue weighted by molar-refractivity contribution is -0.214. The van der Waals surface area contributed by atoms with Gasteiger partial charge in [-0.25, -0.2) is 0 Å². The van der Waals surface area contributed by atoms with Crippen LogP contribution in [0.1, 0.15) is 92.4 Å². The van der Waals surface area contributed by atoms with Crippen molar-refractivity contribution in [2.24, 2.45) is 40.4 Å². The first-order chi connectivity index (χ1) is 12.6. The second-order valence-corrected chi connectivity index (χ2v) is 11.3. The quantitative estimate of drug-likeness (QED) is 0.661. The molecule has 8 atom stereocenters. The molecule has 0 aromatic carbocycles. The molecule has 0 saturated heterocycles. The molecule has 4 fully saturated rings. The van der Waals surface area contributed by atoms with E-state index in [1.165, 1.54) is 32.6 Å². The van der Waals surface area contributed by atoms with Crippen molar-refractivity contribution in [3.63, 3.8) is 0 Å². The van der Waals surface area contributed by atoms with Crippen LogP contribution < -0.4 is 0 Å². The van der Waals surface area contributed by atoms with Gasteiger partial charge in [-0.3, -0.25) is 4.79 Å². The summed E-state index contributed by atoms with van der Waals surface area (Å²) in [6.45, 7) is 11.1. The number of esters is 1. The fourth-order valence-corrected chi connectivity index (χ4v) is 8.64. The van der Waals surface area contributed by atoms with E-state index in [-0.39, 0.29) is 17.5 Å². The highest BCUT2D eigenvalue weighted by Gasteiger charge is 2.67. The van der Waals surface area contributed by atoms with E-state index in [2.05, 4.69) is 27.7 Å². The molecule has 154 valence electrons. The van der Waals surface area contributed by atoms with Crippen LogP contribution in [0.2, 0.25) is 0 Å². The summed E-state index contributed by atoms with van der Waals surface area (Å²) in [5, 5.41) is 12.1. The molecule has 0 aromatic heterocycles. The molecule has 0 aliphatic heterocycles. The van der Waals surface area contributed by atoms with Crippen LogP contribution in [0.25, 0.3) is 0 Å². The summed E-state index contributed by atoms with van der Waals surface area (Å²) in [4.78, 5) is 11.4. The maximum atomic E-state index is 12.1. The zero-order valence-corrected chi connectivity index (χ0v) is 18.1. The number of rotatable bonds is 2. The Hall–Kier alpha value is -0.570. The topological polar surface area (TPSA) is 46.5 Å². The second-order valence-electron chi connectivity index (χ2n) is 11.3. The molecular weight excluding hydrogens is 336 g/mol. The summed E-state index contributed by atoms with van der Waals surface area (Å²) in [7, 11) is 0. The van der Waals surface area contributed by atoms with Gasteiger partial charge in [0.05, 0.1) is 5.60 Å². The number of ether oxygens (including phenoxy) is 1. The Balaban J connectivity index is 1.58. The van der Waals surface area contributed by atoms with Crippen molar-refractivity contribution >= 4 is 5.97 Å². The molecular formula is C24H40O3. The van der Waals surface area contributed by atoms with E-state index < -0.39 is 5.60 Å². The number of fused-ring (bicyclic) bond motifs is 5. The van der Waals surface area contributed by atoms with Crippen molar-refractivity contribution in [2.75, 3.05) is 0 Å². The molecule has 3 heteroatoms. The third-order valence-corrected chi connectivity index (χ3v) is 10.0. The maximum absolute atomic E-state index is 12.1. The highest BCUT2D eigenvalue weighted by molar-refractivity contribution is 5.66. The molecule has 0 radical (unpaired) electrons. The number of carbonyl (C=O) groups is 1. The fraction of sp³-hybridized carbons (Fsp3) is 0.958. The van der Waals surface area contributed by atoms with Gasteiger partial charge >= 0.3 is 5.97 Å². The Morgan fingerprint density at radius 2 is 1.74 bits per heavy atom. The van der Waals surface area contributed by atoms with Crippen LogP contribution in [-0.4, -0.2) is 22.8 Å². The van der Waals surface area contributed by atoms with Gasteiger partial charge in [-0.15, -0.1) is 0 Å². The van der Waals surface area contributed by atoms with Crippen LogP contribution in [-0.2, 0) is 9.53 Å². The van der Waals surface area contributed by atoms with E-state index in [0.717, 1.165) is 32.1 Å². The van der Waals surface area contributed by atoms with Crippen LogP contribution in [0.4, 0.5) is 0 Å². The highest BCUT2D eigenvalue weighted by Crippen LogP contribution is 2.69. The van der Waals surface area contributed by atoms with Crippen LogP contribution in [0.5, 0.6) is 0 Å². The van der Waals surface area contributed by atoms with E-state index in [4.69, 9.17) is 4.74 Å². The zero-order chi connectivity index (χ0) is 19.6. The van der Waals surface area contributed by atoms with Crippen LogP contribution in [0.15, 0.2) is 0 Å². The molecule has 0 spiro atoms. The van der Waals surface area contributed by atoms with Crippen molar-refractivity contribution in [3.05, 3.63) is 0 Å². The van der Waals surface area contributed by atoms with Crippen LogP contribution in [0, 0.1) is 40.4 Å². The fourth-order valence-electron chi connectivity index (χ4n) is 8.64. The Kier molecular flexibility index (Phi) is 4.73. The van der Waals surface area contributed by atoms with Gasteiger partial charge in [0, 0.05) is 6.92 Å². The monoisotopic (exact) mass is 376 g/mol. The largest absolute Gasteiger partial charge is 0.463 e. The van der Waals surface area contributed by atoms with E-state index in [1.807, 2.05) is 0 Å². The molecule has 4 aliphatic rings. The Morgan fingerprint density at radius 3 is 2.41 bits per heavy atom. The number of hydrogen-bond donors (Lipinski definition) is 1. The SMILES string of the molecule is CC(=O)O[C@H]1CC[C@@]2(C)[C@@H](CC[C@@H]3[C@@H]2CC[C@]2(C)[C@@H](C(C)C)CC[C@@]32O)C1. The van der Waals surface area contributed by atoms with Gasteiger partial charge in [0.15, 0.2) is 0 Å². The average molecular weight is 377 g/mol. The third kappa shape index (κ3) is 2.74. The van der Waals surface area contributed by atoms with Gasteiger partial charge in [0.2, 0.25) is 0 Å². The molecule has 4 rings (SSSR count). The predicted octanol–water partition coefficient (Wildman–Crippen LogP) is 5.35. The molecule has 0 unspecified atom stereocenters. The van der Waals surface area contributed by atoms with Gasteiger partial charge in [-0.1, -0.05) is 27.7 Å². The van der Waals surface area contributed by atoms with Crippen molar-refractivity contribution < 1.29 is 14.6 Å². The Bertz CT molecular complexity index is 600. The summed E-state index contributed by atoms with van der Waals surface area (Å²) in [5.41, 5.74) is -0.0570. The average Bonchev–Trinajstić information content (AvgIpc) is 2.86. The summed E-state index contributed by atoms with van der Waals surface area (Å²) >= 11 is 0. The molecule has 0 bridgehead atoms. The normalized spacial score (nSPS) is 52.0. The van der Waals surface area contributed by atoms with Crippen LogP contribution >= 0.6 is 0 Å². The molecule has 4 saturated carbocycles. The van der Waals surface area contributed by atoms with Crippen molar-refractivity contribution in [2.45, 2.75) is 104 Å². The minimum Gasteiger partial charge on any atom is -0.463 e. The first-order valence-corrected chi connectivity index (χ1v) is 11.5. The number of hydrogen-bond acceptors (Lipinski definition) is 3. The zero-order valence-electron chi connectivity index (χ0n) is 18.1. The maximum Gasteiger partial charge on any atom is 0.302 e. The summed E-state index contributed by atoms with van der Waals surface area (Å²) in [5.74, 6) is 2.93.